The van der Waals surface area contributed by atoms with Gasteiger partial charge < -0.3 is 10.2 Å². The molecule has 0 heterocycles. The van der Waals surface area contributed by atoms with Gasteiger partial charge >= 0.3 is 0 Å². The molecule has 1 aliphatic carbocycles. The maximum atomic E-state index is 3.76. The highest BCUT2D eigenvalue weighted by atomic mass is 15.2. The van der Waals surface area contributed by atoms with Crippen LogP contribution in [0.4, 0.5) is 0 Å². The zero-order valence-corrected chi connectivity index (χ0v) is 14.8. The predicted molar refractivity (Wildman–Crippen MR) is 90.2 cm³/mol. The number of nitrogens with zero attached hydrogens (tertiary/aromatic N) is 1. The van der Waals surface area contributed by atoms with E-state index in [9.17, 15) is 0 Å². The van der Waals surface area contributed by atoms with Gasteiger partial charge in [-0.2, -0.15) is 0 Å². The van der Waals surface area contributed by atoms with Gasteiger partial charge in [0.15, 0.2) is 0 Å². The van der Waals surface area contributed by atoms with Crippen LogP contribution in [0.2, 0.25) is 0 Å². The third-order valence-electron chi connectivity index (χ3n) is 4.45. The lowest BCUT2D eigenvalue weighted by Crippen LogP contribution is -2.43. The molecule has 20 heavy (non-hydrogen) atoms. The summed E-state index contributed by atoms with van der Waals surface area (Å²) >= 11 is 0. The van der Waals surface area contributed by atoms with Crippen molar-refractivity contribution in [2.75, 3.05) is 19.6 Å². The van der Waals surface area contributed by atoms with Crippen LogP contribution < -0.4 is 5.32 Å². The Kier molecular flexibility index (Phi) is 7.53. The van der Waals surface area contributed by atoms with E-state index in [1.807, 2.05) is 0 Å². The second kappa shape index (κ2) is 8.38. The summed E-state index contributed by atoms with van der Waals surface area (Å²) in [6.07, 6.45) is 6.73. The zero-order chi connectivity index (χ0) is 15.2. The predicted octanol–water partition coefficient (Wildman–Crippen LogP) is 4.30. The third kappa shape index (κ3) is 7.08. The lowest BCUT2D eigenvalue weighted by atomic mass is 9.84. The highest BCUT2D eigenvalue weighted by Crippen LogP contribution is 2.29. The Balaban J connectivity index is 2.41. The molecule has 1 atom stereocenters. The Morgan fingerprint density at radius 3 is 2.15 bits per heavy atom. The quantitative estimate of drug-likeness (QED) is 0.642. The van der Waals surface area contributed by atoms with Crippen molar-refractivity contribution in [3.8, 4) is 0 Å². The topological polar surface area (TPSA) is 15.3 Å². The van der Waals surface area contributed by atoms with E-state index in [0.717, 1.165) is 18.5 Å². The van der Waals surface area contributed by atoms with Gasteiger partial charge in [-0.15, -0.1) is 0 Å². The minimum absolute atomic E-state index is 0.364. The molecule has 1 N–H and O–H groups in total. The minimum Gasteiger partial charge on any atom is -0.313 e. The fourth-order valence-corrected chi connectivity index (χ4v) is 2.80. The van der Waals surface area contributed by atoms with Crippen LogP contribution >= 0.6 is 0 Å². The first-order valence-electron chi connectivity index (χ1n) is 8.82. The highest BCUT2D eigenvalue weighted by Gasteiger charge is 2.30. The van der Waals surface area contributed by atoms with Crippen molar-refractivity contribution in [1.82, 2.24) is 10.2 Å². The second-order valence-electron chi connectivity index (χ2n) is 8.11. The molecule has 120 valence electrons. The molecule has 0 spiro atoms. The Bertz CT molecular complexity index is 251. The molecule has 2 heteroatoms. The van der Waals surface area contributed by atoms with Gasteiger partial charge in [0, 0.05) is 12.1 Å². The molecular weight excluding hydrogens is 244 g/mol. The van der Waals surface area contributed by atoms with E-state index in [2.05, 4.69) is 51.8 Å². The van der Waals surface area contributed by atoms with Crippen molar-refractivity contribution >= 4 is 0 Å². The Hall–Kier alpha value is -0.0800. The average Bonchev–Trinajstić information content (AvgIpc) is 3.14. The lowest BCUT2D eigenvalue weighted by Gasteiger charge is -2.34. The van der Waals surface area contributed by atoms with E-state index >= 15 is 0 Å². The van der Waals surface area contributed by atoms with Crippen molar-refractivity contribution < 1.29 is 0 Å². The van der Waals surface area contributed by atoms with Gasteiger partial charge in [0.2, 0.25) is 0 Å². The molecule has 1 saturated carbocycles. The van der Waals surface area contributed by atoms with Gasteiger partial charge in [-0.1, -0.05) is 41.5 Å². The molecule has 0 aromatic rings. The molecule has 0 aromatic carbocycles. The molecule has 0 amide bonds. The Morgan fingerprint density at radius 1 is 1.10 bits per heavy atom. The number of nitrogens with one attached hydrogen (secondary N) is 1. The van der Waals surface area contributed by atoms with Crippen molar-refractivity contribution in [2.45, 2.75) is 85.7 Å². The van der Waals surface area contributed by atoms with E-state index in [1.54, 1.807) is 0 Å². The number of hydrogen-bond acceptors (Lipinski definition) is 2. The fourth-order valence-electron chi connectivity index (χ4n) is 2.80. The summed E-state index contributed by atoms with van der Waals surface area (Å²) < 4.78 is 0. The fraction of sp³-hybridized carbons (Fsp3) is 1.00. The van der Waals surface area contributed by atoms with Crippen LogP contribution in [0.15, 0.2) is 0 Å². The summed E-state index contributed by atoms with van der Waals surface area (Å²) in [4.78, 5) is 2.76. The first kappa shape index (κ1) is 18.0. The highest BCUT2D eigenvalue weighted by molar-refractivity contribution is 4.87. The van der Waals surface area contributed by atoms with Crippen molar-refractivity contribution in [3.63, 3.8) is 0 Å². The minimum atomic E-state index is 0.364. The molecule has 0 radical (unpaired) electrons. The Labute approximate surface area is 127 Å². The maximum Gasteiger partial charge on any atom is 0.0128 e. The van der Waals surface area contributed by atoms with Crippen LogP contribution in [0.5, 0.6) is 0 Å². The zero-order valence-electron chi connectivity index (χ0n) is 14.8. The lowest BCUT2D eigenvalue weighted by molar-refractivity contribution is 0.193. The largest absolute Gasteiger partial charge is 0.313 e. The van der Waals surface area contributed by atoms with Crippen LogP contribution in [0, 0.1) is 11.3 Å². The summed E-state index contributed by atoms with van der Waals surface area (Å²) in [5, 5.41) is 3.76. The molecule has 0 aliphatic heterocycles. The first-order valence-corrected chi connectivity index (χ1v) is 8.82. The van der Waals surface area contributed by atoms with Crippen LogP contribution in [0.1, 0.15) is 73.6 Å². The summed E-state index contributed by atoms with van der Waals surface area (Å²) in [5.41, 5.74) is 0.364. The SMILES string of the molecule is CCCNC(CCN(CCC(C)C)C1CC1)C(C)(C)C. The standard InChI is InChI=1S/C18H38N2/c1-7-12-19-17(18(4,5)6)11-14-20(16-8-9-16)13-10-15(2)3/h15-17,19H,7-14H2,1-6H3. The van der Waals surface area contributed by atoms with Crippen LogP contribution in [-0.2, 0) is 0 Å². The molecule has 1 unspecified atom stereocenters. The summed E-state index contributed by atoms with van der Waals surface area (Å²) in [7, 11) is 0. The van der Waals surface area contributed by atoms with E-state index in [0.29, 0.717) is 11.5 Å². The smallest absolute Gasteiger partial charge is 0.0128 e. The maximum absolute atomic E-state index is 3.76. The molecular formula is C18H38N2. The Morgan fingerprint density at radius 2 is 1.70 bits per heavy atom. The normalized spacial score (nSPS) is 18.0. The van der Waals surface area contributed by atoms with E-state index in [-0.39, 0.29) is 0 Å². The van der Waals surface area contributed by atoms with Gasteiger partial charge in [-0.25, -0.2) is 0 Å². The molecule has 0 saturated heterocycles. The van der Waals surface area contributed by atoms with Gasteiger partial charge in [-0.05, 0) is 63.1 Å². The van der Waals surface area contributed by atoms with Crippen LogP contribution in [-0.4, -0.2) is 36.6 Å². The van der Waals surface area contributed by atoms with Crippen LogP contribution in [0.25, 0.3) is 0 Å². The third-order valence-corrected chi connectivity index (χ3v) is 4.45. The van der Waals surface area contributed by atoms with Gasteiger partial charge in [-0.3, -0.25) is 0 Å². The van der Waals surface area contributed by atoms with Gasteiger partial charge in [0.1, 0.15) is 0 Å². The second-order valence-corrected chi connectivity index (χ2v) is 8.11. The molecule has 0 aromatic heterocycles. The molecule has 1 fully saturated rings. The first-order chi connectivity index (χ1) is 9.34. The van der Waals surface area contributed by atoms with E-state index in [4.69, 9.17) is 0 Å². The van der Waals surface area contributed by atoms with Crippen molar-refractivity contribution in [1.29, 1.82) is 0 Å². The average molecular weight is 283 g/mol. The van der Waals surface area contributed by atoms with Crippen LogP contribution in [0.3, 0.4) is 0 Å². The van der Waals surface area contributed by atoms with Crippen molar-refractivity contribution in [2.24, 2.45) is 11.3 Å². The number of hydrogen-bond donors (Lipinski definition) is 1. The summed E-state index contributed by atoms with van der Waals surface area (Å²) in [6, 6.07) is 1.54. The molecule has 1 aliphatic rings. The van der Waals surface area contributed by atoms with Gasteiger partial charge in [0.05, 0.1) is 0 Å². The molecule has 2 nitrogen and oxygen atoms in total. The summed E-state index contributed by atoms with van der Waals surface area (Å²) in [5.74, 6) is 0.827. The van der Waals surface area contributed by atoms with Crippen molar-refractivity contribution in [3.05, 3.63) is 0 Å². The summed E-state index contributed by atoms with van der Waals surface area (Å²) in [6.45, 7) is 17.8. The van der Waals surface area contributed by atoms with Gasteiger partial charge in [0.25, 0.3) is 0 Å². The van der Waals surface area contributed by atoms with E-state index < -0.39 is 0 Å². The van der Waals surface area contributed by atoms with E-state index in [1.165, 1.54) is 45.2 Å². The molecule has 1 rings (SSSR count). The molecule has 0 bridgehead atoms. The number of rotatable bonds is 10. The monoisotopic (exact) mass is 282 g/mol.